The van der Waals surface area contributed by atoms with Gasteiger partial charge in [0, 0.05) is 56.2 Å². The first-order chi connectivity index (χ1) is 19.8. The molecule has 0 saturated carbocycles. The fraction of sp³-hybridized carbons (Fsp3) is 0.412. The van der Waals surface area contributed by atoms with Crippen LogP contribution in [0.1, 0.15) is 51.4 Å². The normalized spacial score (nSPS) is 16.5. The van der Waals surface area contributed by atoms with Crippen molar-refractivity contribution < 1.29 is 14.3 Å². The lowest BCUT2D eigenvalue weighted by Gasteiger charge is -2.34. The van der Waals surface area contributed by atoms with Crippen LogP contribution in [0.15, 0.2) is 60.7 Å². The highest BCUT2D eigenvalue weighted by molar-refractivity contribution is 5.94. The second-order valence-corrected chi connectivity index (χ2v) is 11.6. The first-order valence-electron chi connectivity index (χ1n) is 14.7. The Morgan fingerprint density at radius 3 is 2.05 bits per heavy atom. The van der Waals surface area contributed by atoms with E-state index >= 15 is 0 Å². The number of benzene rings is 3. The Kier molecular flexibility index (Phi) is 8.93. The monoisotopic (exact) mass is 554 g/mol. The summed E-state index contributed by atoms with van der Waals surface area (Å²) in [6.45, 7) is 11.7. The molecule has 0 radical (unpaired) electrons. The molecule has 2 saturated heterocycles. The molecule has 0 bridgehead atoms. The van der Waals surface area contributed by atoms with E-state index in [1.54, 1.807) is 0 Å². The molecule has 7 nitrogen and oxygen atoms in total. The zero-order valence-corrected chi connectivity index (χ0v) is 24.8. The number of anilines is 2. The summed E-state index contributed by atoms with van der Waals surface area (Å²) >= 11 is 0. The average molecular weight is 555 g/mol. The molecule has 41 heavy (non-hydrogen) atoms. The number of aryl methyl sites for hydroxylation is 3. The number of amides is 2. The minimum Gasteiger partial charge on any atom is -0.483 e. The summed E-state index contributed by atoms with van der Waals surface area (Å²) in [6, 6.07) is 20.3. The number of carbonyl (C=O) groups excluding carboxylic acids is 2. The molecule has 2 aliphatic heterocycles. The van der Waals surface area contributed by atoms with Crippen LogP contribution in [-0.4, -0.2) is 74.5 Å². The van der Waals surface area contributed by atoms with Crippen molar-refractivity contribution in [1.82, 2.24) is 9.80 Å². The smallest absolute Gasteiger partial charge is 0.262 e. The van der Waals surface area contributed by atoms with E-state index in [-0.39, 0.29) is 18.4 Å². The zero-order valence-electron chi connectivity index (χ0n) is 24.8. The summed E-state index contributed by atoms with van der Waals surface area (Å²) in [7, 11) is 2.16. The highest BCUT2D eigenvalue weighted by Gasteiger charge is 2.25. The highest BCUT2D eigenvalue weighted by Crippen LogP contribution is 2.30. The van der Waals surface area contributed by atoms with E-state index in [1.165, 1.54) is 16.8 Å². The van der Waals surface area contributed by atoms with Crippen molar-refractivity contribution >= 4 is 23.2 Å². The molecule has 1 N–H and O–H groups in total. The Labute approximate surface area is 244 Å². The van der Waals surface area contributed by atoms with Crippen molar-refractivity contribution in [3.05, 3.63) is 88.5 Å². The molecular weight excluding hydrogens is 512 g/mol. The predicted octanol–water partition coefficient (Wildman–Crippen LogP) is 5.40. The van der Waals surface area contributed by atoms with Crippen LogP contribution in [0.4, 0.5) is 11.4 Å². The molecular formula is C34H42N4O3. The van der Waals surface area contributed by atoms with Gasteiger partial charge in [-0.15, -0.1) is 0 Å². The summed E-state index contributed by atoms with van der Waals surface area (Å²) in [5, 5.41) is 2.94. The van der Waals surface area contributed by atoms with Gasteiger partial charge in [-0.05, 0) is 99.7 Å². The largest absolute Gasteiger partial charge is 0.483 e. The molecule has 3 aromatic carbocycles. The molecule has 0 spiro atoms. The van der Waals surface area contributed by atoms with E-state index in [9.17, 15) is 9.59 Å². The van der Waals surface area contributed by atoms with E-state index in [0.717, 1.165) is 80.2 Å². The second kappa shape index (κ2) is 12.8. The van der Waals surface area contributed by atoms with Gasteiger partial charge in [0.05, 0.1) is 0 Å². The molecule has 0 aromatic heterocycles. The summed E-state index contributed by atoms with van der Waals surface area (Å²) in [5.74, 6) is 1.11. The predicted molar refractivity (Wildman–Crippen MR) is 165 cm³/mol. The fourth-order valence-corrected chi connectivity index (χ4v) is 6.05. The Bertz CT molecular complexity index is 1330. The van der Waals surface area contributed by atoms with Crippen LogP contribution in [-0.2, 0) is 4.79 Å². The topological polar surface area (TPSA) is 65.1 Å². The number of likely N-dealkylation sites (tertiary alicyclic amines) is 1. The number of nitrogens with one attached hydrogen (secondary N) is 1. The van der Waals surface area contributed by atoms with E-state index in [4.69, 9.17) is 4.74 Å². The van der Waals surface area contributed by atoms with Gasteiger partial charge in [0.2, 0.25) is 0 Å². The van der Waals surface area contributed by atoms with Crippen LogP contribution >= 0.6 is 0 Å². The van der Waals surface area contributed by atoms with Crippen molar-refractivity contribution in [2.75, 3.05) is 63.1 Å². The van der Waals surface area contributed by atoms with Crippen molar-refractivity contribution in [3.63, 3.8) is 0 Å². The highest BCUT2D eigenvalue weighted by atomic mass is 16.5. The van der Waals surface area contributed by atoms with Gasteiger partial charge in [-0.3, -0.25) is 9.59 Å². The Morgan fingerprint density at radius 1 is 0.829 bits per heavy atom. The molecule has 0 unspecified atom stereocenters. The van der Waals surface area contributed by atoms with Gasteiger partial charge < -0.3 is 24.8 Å². The molecule has 3 aromatic rings. The zero-order chi connectivity index (χ0) is 28.9. The molecule has 5 rings (SSSR count). The molecule has 2 aliphatic rings. The second-order valence-electron chi connectivity index (χ2n) is 11.6. The van der Waals surface area contributed by atoms with Crippen molar-refractivity contribution in [3.8, 4) is 5.75 Å². The van der Waals surface area contributed by atoms with Crippen LogP contribution in [0, 0.1) is 20.8 Å². The fourth-order valence-electron chi connectivity index (χ4n) is 6.05. The maximum atomic E-state index is 13.2. The van der Waals surface area contributed by atoms with Gasteiger partial charge in [-0.1, -0.05) is 29.8 Å². The third kappa shape index (κ3) is 7.09. The summed E-state index contributed by atoms with van der Waals surface area (Å²) < 4.78 is 5.83. The first kappa shape index (κ1) is 28.7. The van der Waals surface area contributed by atoms with Crippen LogP contribution in [0.2, 0.25) is 0 Å². The lowest BCUT2D eigenvalue weighted by atomic mass is 9.89. The van der Waals surface area contributed by atoms with E-state index in [1.807, 2.05) is 43.0 Å². The Balaban J connectivity index is 1.08. The minimum atomic E-state index is -0.180. The molecule has 216 valence electrons. The molecule has 0 atom stereocenters. The molecule has 7 heteroatoms. The third-order valence-electron chi connectivity index (χ3n) is 8.38. The number of piperazine rings is 1. The SMILES string of the molecule is Cc1cc(C)c(OCC(=O)Nc2ccc(C3CCN(C(=O)c4ccc(N5CCN(C)CC5)cc4)CC3)cc2)c(C)c1. The molecule has 2 fully saturated rings. The summed E-state index contributed by atoms with van der Waals surface area (Å²) in [5.41, 5.74) is 7.20. The van der Waals surface area contributed by atoms with Gasteiger partial charge in [-0.25, -0.2) is 0 Å². The van der Waals surface area contributed by atoms with E-state index in [0.29, 0.717) is 5.92 Å². The Morgan fingerprint density at radius 2 is 1.44 bits per heavy atom. The quantitative estimate of drug-likeness (QED) is 0.424. The first-order valence-corrected chi connectivity index (χ1v) is 14.7. The van der Waals surface area contributed by atoms with Crippen LogP contribution in [0.25, 0.3) is 0 Å². The van der Waals surface area contributed by atoms with E-state index in [2.05, 4.69) is 65.5 Å². The Hall–Kier alpha value is -3.84. The van der Waals surface area contributed by atoms with Gasteiger partial charge in [0.15, 0.2) is 6.61 Å². The van der Waals surface area contributed by atoms with Crippen molar-refractivity contribution in [2.24, 2.45) is 0 Å². The lowest BCUT2D eigenvalue weighted by Crippen LogP contribution is -2.44. The maximum absolute atomic E-state index is 13.2. The molecule has 0 aliphatic carbocycles. The summed E-state index contributed by atoms with van der Waals surface area (Å²) in [4.78, 5) is 32.4. The van der Waals surface area contributed by atoms with Gasteiger partial charge in [0.25, 0.3) is 11.8 Å². The number of hydrogen-bond acceptors (Lipinski definition) is 5. The average Bonchev–Trinajstić information content (AvgIpc) is 2.97. The summed E-state index contributed by atoms with van der Waals surface area (Å²) in [6.07, 6.45) is 1.86. The van der Waals surface area contributed by atoms with Gasteiger partial charge in [0.1, 0.15) is 5.75 Å². The third-order valence-corrected chi connectivity index (χ3v) is 8.38. The number of hydrogen-bond donors (Lipinski definition) is 1. The van der Waals surface area contributed by atoms with Crippen LogP contribution in [0.3, 0.4) is 0 Å². The standard InChI is InChI=1S/C34H42N4O3/c1-24-21-25(2)33(26(3)22-24)41-23-32(39)35-30-9-5-27(6-10-30)28-13-15-38(16-14-28)34(40)29-7-11-31(12-8-29)37-19-17-36(4)18-20-37/h5-12,21-22,28H,13-20,23H2,1-4H3,(H,35,39). The minimum absolute atomic E-state index is 0.0302. The number of carbonyl (C=O) groups is 2. The van der Waals surface area contributed by atoms with Crippen LogP contribution in [0.5, 0.6) is 5.75 Å². The number of likely N-dealkylation sites (N-methyl/N-ethyl adjacent to an activating group) is 1. The lowest BCUT2D eigenvalue weighted by molar-refractivity contribution is -0.118. The van der Waals surface area contributed by atoms with Crippen molar-refractivity contribution in [2.45, 2.75) is 39.5 Å². The molecule has 2 amide bonds. The maximum Gasteiger partial charge on any atom is 0.262 e. The van der Waals surface area contributed by atoms with Crippen LogP contribution < -0.4 is 15.0 Å². The number of rotatable bonds is 7. The van der Waals surface area contributed by atoms with Gasteiger partial charge >= 0.3 is 0 Å². The van der Waals surface area contributed by atoms with Gasteiger partial charge in [-0.2, -0.15) is 0 Å². The number of ether oxygens (including phenoxy) is 1. The van der Waals surface area contributed by atoms with E-state index < -0.39 is 0 Å². The van der Waals surface area contributed by atoms with Crippen molar-refractivity contribution in [1.29, 1.82) is 0 Å². The number of piperidine rings is 1. The number of nitrogens with zero attached hydrogens (tertiary/aromatic N) is 3. The molecule has 2 heterocycles.